The zero-order valence-corrected chi connectivity index (χ0v) is 14.8. The van der Waals surface area contributed by atoms with Crippen molar-refractivity contribution in [1.29, 1.82) is 0 Å². The number of esters is 1. The molecule has 1 rings (SSSR count). The average Bonchev–Trinajstić information content (AvgIpc) is 2.46. The maximum Gasteiger partial charge on any atom is 0.326 e. The summed E-state index contributed by atoms with van der Waals surface area (Å²) in [6.45, 7) is 8.72. The van der Waals surface area contributed by atoms with E-state index in [1.54, 1.807) is 0 Å². The molecule has 1 aliphatic rings. The standard InChI is InChI=1S/C17H34N2O2/c1-7-16(2,3)14-8-10-17(11-9-14,15(20)21-6)18-12-13-19(4)5/h14,18H,7-13H2,1-6H3. The molecule has 1 saturated carbocycles. The molecule has 0 unspecified atom stereocenters. The van der Waals surface area contributed by atoms with Crippen LogP contribution >= 0.6 is 0 Å². The molecular weight excluding hydrogens is 264 g/mol. The van der Waals surface area contributed by atoms with E-state index in [-0.39, 0.29) is 5.97 Å². The Bertz CT molecular complexity index is 332. The van der Waals surface area contributed by atoms with E-state index in [2.05, 4.69) is 31.0 Å². The fraction of sp³-hybridized carbons (Fsp3) is 0.941. The van der Waals surface area contributed by atoms with E-state index >= 15 is 0 Å². The number of rotatable bonds is 7. The SMILES string of the molecule is CCC(C)(C)C1CCC(NCCN(C)C)(C(=O)OC)CC1. The Hall–Kier alpha value is -0.610. The highest BCUT2D eigenvalue weighted by Crippen LogP contribution is 2.43. The molecule has 0 aromatic rings. The van der Waals surface area contributed by atoms with Gasteiger partial charge < -0.3 is 15.0 Å². The predicted octanol–water partition coefficient (Wildman–Crippen LogP) is 2.68. The predicted molar refractivity (Wildman–Crippen MR) is 87.3 cm³/mol. The number of carbonyl (C=O) groups is 1. The Balaban J connectivity index is 2.68. The molecular formula is C17H34N2O2. The van der Waals surface area contributed by atoms with Gasteiger partial charge in [0.15, 0.2) is 0 Å². The summed E-state index contributed by atoms with van der Waals surface area (Å²) in [5, 5.41) is 3.49. The Labute approximate surface area is 130 Å². The lowest BCUT2D eigenvalue weighted by Crippen LogP contribution is -2.56. The first-order valence-electron chi connectivity index (χ1n) is 8.25. The third-order valence-electron chi connectivity index (χ3n) is 5.45. The third kappa shape index (κ3) is 4.68. The maximum absolute atomic E-state index is 12.3. The molecule has 1 fully saturated rings. The van der Waals surface area contributed by atoms with Crippen LogP contribution in [0.2, 0.25) is 0 Å². The monoisotopic (exact) mass is 298 g/mol. The highest BCUT2D eigenvalue weighted by Gasteiger charge is 2.44. The van der Waals surface area contributed by atoms with Crippen molar-refractivity contribution in [2.24, 2.45) is 11.3 Å². The van der Waals surface area contributed by atoms with Crippen molar-refractivity contribution in [3.63, 3.8) is 0 Å². The van der Waals surface area contributed by atoms with Gasteiger partial charge in [-0.15, -0.1) is 0 Å². The van der Waals surface area contributed by atoms with Gasteiger partial charge in [-0.05, 0) is 51.1 Å². The van der Waals surface area contributed by atoms with Crippen LogP contribution in [0.25, 0.3) is 0 Å². The largest absolute Gasteiger partial charge is 0.468 e. The molecule has 0 spiro atoms. The molecule has 21 heavy (non-hydrogen) atoms. The molecule has 0 aliphatic heterocycles. The molecule has 4 heteroatoms. The fourth-order valence-corrected chi connectivity index (χ4v) is 3.35. The van der Waals surface area contributed by atoms with Gasteiger partial charge in [-0.1, -0.05) is 27.2 Å². The fourth-order valence-electron chi connectivity index (χ4n) is 3.35. The maximum atomic E-state index is 12.3. The van der Waals surface area contributed by atoms with Crippen LogP contribution in [0.1, 0.15) is 52.9 Å². The van der Waals surface area contributed by atoms with Crippen molar-refractivity contribution < 1.29 is 9.53 Å². The van der Waals surface area contributed by atoms with E-state index in [0.29, 0.717) is 11.3 Å². The summed E-state index contributed by atoms with van der Waals surface area (Å²) in [6.07, 6.45) is 5.18. The Morgan fingerprint density at radius 3 is 2.33 bits per heavy atom. The summed E-state index contributed by atoms with van der Waals surface area (Å²) >= 11 is 0. The highest BCUT2D eigenvalue weighted by molar-refractivity contribution is 5.80. The smallest absolute Gasteiger partial charge is 0.326 e. The average molecular weight is 298 g/mol. The normalized spacial score (nSPS) is 26.9. The molecule has 0 bridgehead atoms. The van der Waals surface area contributed by atoms with Gasteiger partial charge in [0.1, 0.15) is 5.54 Å². The number of carbonyl (C=O) groups excluding carboxylic acids is 1. The molecule has 0 aromatic carbocycles. The second-order valence-electron chi connectivity index (χ2n) is 7.42. The van der Waals surface area contributed by atoms with Crippen molar-refractivity contribution in [3.8, 4) is 0 Å². The number of hydrogen-bond acceptors (Lipinski definition) is 4. The summed E-state index contributed by atoms with van der Waals surface area (Å²) in [5.41, 5.74) is -0.100. The summed E-state index contributed by atoms with van der Waals surface area (Å²) in [6, 6.07) is 0. The minimum absolute atomic E-state index is 0.0889. The summed E-state index contributed by atoms with van der Waals surface area (Å²) in [7, 11) is 5.60. The number of hydrogen-bond donors (Lipinski definition) is 1. The lowest BCUT2D eigenvalue weighted by Gasteiger charge is -2.44. The first kappa shape index (κ1) is 18.4. The van der Waals surface area contributed by atoms with Gasteiger partial charge in [-0.2, -0.15) is 0 Å². The van der Waals surface area contributed by atoms with Gasteiger partial charge in [0.2, 0.25) is 0 Å². The van der Waals surface area contributed by atoms with E-state index in [0.717, 1.165) is 38.8 Å². The Kier molecular flexibility index (Phi) is 6.67. The van der Waals surface area contributed by atoms with Crippen LogP contribution in [0.5, 0.6) is 0 Å². The van der Waals surface area contributed by atoms with Crippen LogP contribution < -0.4 is 5.32 Å². The summed E-state index contributed by atoms with van der Waals surface area (Å²) in [4.78, 5) is 14.4. The van der Waals surface area contributed by atoms with Crippen molar-refractivity contribution >= 4 is 5.97 Å². The minimum Gasteiger partial charge on any atom is -0.468 e. The van der Waals surface area contributed by atoms with E-state index in [9.17, 15) is 4.79 Å². The lowest BCUT2D eigenvalue weighted by atomic mass is 9.65. The molecule has 1 aliphatic carbocycles. The quantitative estimate of drug-likeness (QED) is 0.734. The van der Waals surface area contributed by atoms with Crippen LogP contribution in [0.3, 0.4) is 0 Å². The molecule has 0 saturated heterocycles. The zero-order chi connectivity index (χ0) is 16.1. The topological polar surface area (TPSA) is 41.6 Å². The number of ether oxygens (including phenoxy) is 1. The molecule has 4 nitrogen and oxygen atoms in total. The van der Waals surface area contributed by atoms with Crippen LogP contribution in [-0.2, 0) is 9.53 Å². The molecule has 0 radical (unpaired) electrons. The lowest BCUT2D eigenvalue weighted by molar-refractivity contribution is -0.151. The number of likely N-dealkylation sites (N-methyl/N-ethyl adjacent to an activating group) is 1. The van der Waals surface area contributed by atoms with Crippen molar-refractivity contribution in [2.45, 2.75) is 58.4 Å². The van der Waals surface area contributed by atoms with Crippen LogP contribution in [0.15, 0.2) is 0 Å². The second-order valence-corrected chi connectivity index (χ2v) is 7.42. The zero-order valence-electron chi connectivity index (χ0n) is 14.8. The Morgan fingerprint density at radius 1 is 1.33 bits per heavy atom. The molecule has 124 valence electrons. The number of nitrogens with one attached hydrogen (secondary N) is 1. The van der Waals surface area contributed by atoms with Crippen LogP contribution in [0, 0.1) is 11.3 Å². The summed E-state index contributed by atoms with van der Waals surface area (Å²) < 4.78 is 5.08. The molecule has 0 atom stereocenters. The third-order valence-corrected chi connectivity index (χ3v) is 5.45. The first-order valence-corrected chi connectivity index (χ1v) is 8.25. The molecule has 0 heterocycles. The Morgan fingerprint density at radius 2 is 1.90 bits per heavy atom. The van der Waals surface area contributed by atoms with Crippen LogP contribution in [-0.4, -0.2) is 50.7 Å². The number of nitrogens with zero attached hydrogens (tertiary/aromatic N) is 1. The van der Waals surface area contributed by atoms with Gasteiger partial charge in [0.05, 0.1) is 7.11 Å². The van der Waals surface area contributed by atoms with Gasteiger partial charge in [0.25, 0.3) is 0 Å². The van der Waals surface area contributed by atoms with Gasteiger partial charge in [-0.25, -0.2) is 0 Å². The second kappa shape index (κ2) is 7.59. The van der Waals surface area contributed by atoms with Crippen LogP contribution in [0.4, 0.5) is 0 Å². The van der Waals surface area contributed by atoms with Crippen molar-refractivity contribution in [2.75, 3.05) is 34.3 Å². The van der Waals surface area contributed by atoms with Gasteiger partial charge in [0, 0.05) is 13.1 Å². The van der Waals surface area contributed by atoms with Gasteiger partial charge >= 0.3 is 5.97 Å². The first-order chi connectivity index (χ1) is 9.77. The van der Waals surface area contributed by atoms with E-state index in [4.69, 9.17) is 4.74 Å². The van der Waals surface area contributed by atoms with E-state index in [1.165, 1.54) is 13.5 Å². The molecule has 1 N–H and O–H groups in total. The van der Waals surface area contributed by atoms with Crippen molar-refractivity contribution in [1.82, 2.24) is 10.2 Å². The van der Waals surface area contributed by atoms with Gasteiger partial charge in [-0.3, -0.25) is 4.79 Å². The van der Waals surface area contributed by atoms with E-state index < -0.39 is 5.54 Å². The van der Waals surface area contributed by atoms with E-state index in [1.807, 2.05) is 14.1 Å². The number of methoxy groups -OCH3 is 1. The molecule has 0 amide bonds. The summed E-state index contributed by atoms with van der Waals surface area (Å²) in [5.74, 6) is 0.616. The highest BCUT2D eigenvalue weighted by atomic mass is 16.5. The molecule has 0 aromatic heterocycles. The van der Waals surface area contributed by atoms with Crippen molar-refractivity contribution in [3.05, 3.63) is 0 Å². The minimum atomic E-state index is -0.467.